The van der Waals surface area contributed by atoms with Gasteiger partial charge in [-0.1, -0.05) is 15.5 Å². The highest BCUT2D eigenvalue weighted by Gasteiger charge is 2.59. The van der Waals surface area contributed by atoms with Crippen LogP contribution in [0.4, 0.5) is 0 Å². The Hall–Kier alpha value is -4.08. The molecule has 3 aliphatic rings. The van der Waals surface area contributed by atoms with Gasteiger partial charge in [0.15, 0.2) is 0 Å². The minimum Gasteiger partial charge on any atom is -0.394 e. The van der Waals surface area contributed by atoms with Gasteiger partial charge >= 0.3 is 0 Å². The number of hydrogen-bond acceptors (Lipinski definition) is 27. The second-order valence-electron chi connectivity index (χ2n) is 13.5. The smallest absolute Gasteiger partial charge is 0.261 e. The lowest BCUT2D eigenvalue weighted by Gasteiger charge is -2.43. The summed E-state index contributed by atoms with van der Waals surface area (Å²) in [5, 5.41) is 166. The molecule has 1 aromatic carbocycles. The summed E-state index contributed by atoms with van der Waals surface area (Å²) < 4.78 is 31.6. The Labute approximate surface area is 315 Å². The molecule has 3 fully saturated rings. The van der Waals surface area contributed by atoms with Crippen LogP contribution in [0, 0.1) is 0 Å². The van der Waals surface area contributed by atoms with Crippen LogP contribution < -0.4 is 0 Å². The Morgan fingerprint density at radius 1 is 0.421 bits per heavy atom. The molecule has 0 spiro atoms. The molecule has 0 aliphatic carbocycles. The van der Waals surface area contributed by atoms with Crippen molar-refractivity contribution in [1.29, 1.82) is 0 Å². The molecule has 27 nitrogen and oxygen atoms in total. The van der Waals surface area contributed by atoms with Crippen LogP contribution in [-0.2, 0) is 31.6 Å². The lowest BCUT2D eigenvalue weighted by molar-refractivity contribution is -0.361. The summed E-state index contributed by atoms with van der Waals surface area (Å²) in [6.07, 6.45) is -23.4. The van der Waals surface area contributed by atoms with Gasteiger partial charge in [0, 0.05) is 16.7 Å². The van der Waals surface area contributed by atoms with Gasteiger partial charge in [-0.05, 0) is 18.2 Å². The van der Waals surface area contributed by atoms with E-state index in [1.54, 1.807) is 0 Å². The molecule has 4 aromatic rings. The van der Waals surface area contributed by atoms with Crippen molar-refractivity contribution in [2.24, 2.45) is 0 Å². The third-order valence-corrected chi connectivity index (χ3v) is 9.81. The van der Waals surface area contributed by atoms with E-state index in [2.05, 4.69) is 30.4 Å². The van der Waals surface area contributed by atoms with Gasteiger partial charge in [0.05, 0.1) is 19.8 Å². The summed E-state index contributed by atoms with van der Waals surface area (Å²) in [6.45, 7) is -2.76. The number of hydrogen-bond donors (Lipinski definition) is 15. The highest BCUT2D eigenvalue weighted by molar-refractivity contribution is 5.73. The fraction of sp³-hybridized carbons (Fsp3) is 0.600. The highest BCUT2D eigenvalue weighted by atomic mass is 16.7. The fourth-order valence-corrected chi connectivity index (χ4v) is 6.47. The summed E-state index contributed by atoms with van der Waals surface area (Å²) in [5.41, 5.74) is -0.439. The first-order chi connectivity index (χ1) is 26.9. The molecule has 7 rings (SSSR count). The van der Waals surface area contributed by atoms with Gasteiger partial charge in [0.25, 0.3) is 35.0 Å². The zero-order chi connectivity index (χ0) is 41.4. The van der Waals surface area contributed by atoms with Crippen LogP contribution in [0.15, 0.2) is 31.8 Å². The summed E-state index contributed by atoms with van der Waals surface area (Å²) >= 11 is 0. The predicted octanol–water partition coefficient (Wildman–Crippen LogP) is -8.31. The van der Waals surface area contributed by atoms with Crippen LogP contribution in [0.5, 0.6) is 0 Å². The van der Waals surface area contributed by atoms with Crippen molar-refractivity contribution in [3.8, 4) is 34.4 Å². The Morgan fingerprint density at radius 3 is 0.895 bits per heavy atom. The fourth-order valence-electron chi connectivity index (χ4n) is 6.47. The van der Waals surface area contributed by atoms with Crippen LogP contribution in [0.25, 0.3) is 34.4 Å². The summed E-state index contributed by atoms with van der Waals surface area (Å²) in [4.78, 5) is 12.1. The standard InChI is InChI=1S/C30H36N6O21/c37-4-10-13(40)16(43)19(46)28(49,52-10)25-31-22(55-34-25)7-1-8(23-32-26(35-56-23)29(50)20(47)17(44)14(41)11(5-38)53-29)3-9(2-7)24-33-27(36-57-24)30(51)21(48)18(45)15(42)12(6-39)54-30/h1-3,10-21,37-51H,4-6H2/t10-,11-,12-,13-,14-,15-,16+,17+,18+,19-,20-,21-,28+,29+,30+/m1/s1. The third-order valence-electron chi connectivity index (χ3n) is 9.81. The molecule has 312 valence electrons. The van der Waals surface area contributed by atoms with E-state index in [0.29, 0.717) is 0 Å². The molecule has 0 saturated carbocycles. The molecule has 57 heavy (non-hydrogen) atoms. The Kier molecular flexibility index (Phi) is 10.8. The maximum absolute atomic E-state index is 11.2. The van der Waals surface area contributed by atoms with Gasteiger partial charge in [-0.2, -0.15) is 15.0 Å². The minimum atomic E-state index is -2.96. The zero-order valence-corrected chi connectivity index (χ0v) is 28.6. The maximum atomic E-state index is 11.2. The number of aliphatic hydroxyl groups is 15. The van der Waals surface area contributed by atoms with E-state index in [0.717, 1.165) is 0 Å². The molecule has 0 bridgehead atoms. The van der Waals surface area contributed by atoms with E-state index < -0.39 is 146 Å². The monoisotopic (exact) mass is 816 g/mol. The molecular formula is C30H36N6O21. The van der Waals surface area contributed by atoms with Gasteiger partial charge in [-0.15, -0.1) is 0 Å². The largest absolute Gasteiger partial charge is 0.394 e. The normalized spacial score (nSPS) is 40.1. The first-order valence-corrected chi connectivity index (χ1v) is 16.8. The highest BCUT2D eigenvalue weighted by Crippen LogP contribution is 2.40. The van der Waals surface area contributed by atoms with Crippen molar-refractivity contribution in [3.05, 3.63) is 35.7 Å². The van der Waals surface area contributed by atoms with Crippen molar-refractivity contribution in [2.75, 3.05) is 19.8 Å². The summed E-state index contributed by atoms with van der Waals surface area (Å²) in [5.74, 6) is -12.8. The molecular weight excluding hydrogens is 780 g/mol. The predicted molar refractivity (Wildman–Crippen MR) is 168 cm³/mol. The molecule has 0 unspecified atom stereocenters. The molecule has 3 aromatic heterocycles. The van der Waals surface area contributed by atoms with Gasteiger partial charge in [-0.3, -0.25) is 0 Å². The Balaban J connectivity index is 1.31. The topological polar surface area (TPSA) is 448 Å². The number of ether oxygens (including phenoxy) is 3. The van der Waals surface area contributed by atoms with E-state index in [4.69, 9.17) is 27.8 Å². The number of aromatic nitrogens is 6. The third kappa shape index (κ3) is 6.61. The summed E-state index contributed by atoms with van der Waals surface area (Å²) in [7, 11) is 0. The molecule has 15 atom stereocenters. The van der Waals surface area contributed by atoms with Crippen molar-refractivity contribution < 1.29 is 104 Å². The van der Waals surface area contributed by atoms with Gasteiger partial charge < -0.3 is 104 Å². The average molecular weight is 817 g/mol. The Bertz CT molecular complexity index is 1810. The maximum Gasteiger partial charge on any atom is 0.261 e. The lowest BCUT2D eigenvalue weighted by Crippen LogP contribution is -2.63. The van der Waals surface area contributed by atoms with Crippen LogP contribution in [0.3, 0.4) is 0 Å². The van der Waals surface area contributed by atoms with E-state index in [1.165, 1.54) is 18.2 Å². The van der Waals surface area contributed by atoms with Gasteiger partial charge in [0.2, 0.25) is 17.5 Å². The number of benzene rings is 1. The molecule has 0 radical (unpaired) electrons. The first kappa shape index (κ1) is 41.1. The zero-order valence-electron chi connectivity index (χ0n) is 28.6. The summed E-state index contributed by atoms with van der Waals surface area (Å²) in [6, 6.07) is 3.61. The molecule has 6 heterocycles. The average Bonchev–Trinajstić information content (AvgIpc) is 4.02. The quantitative estimate of drug-likeness (QED) is 0.0746. The van der Waals surface area contributed by atoms with Crippen LogP contribution >= 0.6 is 0 Å². The second-order valence-corrected chi connectivity index (χ2v) is 13.5. The molecule has 15 N–H and O–H groups in total. The number of aliphatic hydroxyl groups excluding tert-OH is 12. The van der Waals surface area contributed by atoms with E-state index >= 15 is 0 Å². The Morgan fingerprint density at radius 2 is 0.667 bits per heavy atom. The van der Waals surface area contributed by atoms with Crippen LogP contribution in [-0.4, -0.2) is 200 Å². The van der Waals surface area contributed by atoms with E-state index in [1.807, 2.05) is 0 Å². The molecule has 0 amide bonds. The molecule has 27 heteroatoms. The van der Waals surface area contributed by atoms with Crippen molar-refractivity contribution >= 4 is 0 Å². The van der Waals surface area contributed by atoms with Crippen molar-refractivity contribution in [3.63, 3.8) is 0 Å². The van der Waals surface area contributed by atoms with Crippen molar-refractivity contribution in [2.45, 2.75) is 90.6 Å². The number of nitrogens with zero attached hydrogens (tertiary/aromatic N) is 6. The van der Waals surface area contributed by atoms with Crippen LogP contribution in [0.1, 0.15) is 17.5 Å². The van der Waals surface area contributed by atoms with Gasteiger partial charge in [0.1, 0.15) is 73.2 Å². The lowest BCUT2D eigenvalue weighted by atomic mass is 9.92. The minimum absolute atomic E-state index is 0.146. The first-order valence-electron chi connectivity index (χ1n) is 16.8. The molecule has 3 saturated heterocycles. The van der Waals surface area contributed by atoms with Crippen molar-refractivity contribution in [1.82, 2.24) is 30.4 Å². The van der Waals surface area contributed by atoms with Crippen LogP contribution in [0.2, 0.25) is 0 Å². The second kappa shape index (κ2) is 14.9. The number of rotatable bonds is 9. The SMILES string of the molecule is OC[C@H]1O[C@](O)(c2noc(-c3cc(-c4nc([C@@]5(O)O[C@H](CO)[C@@H](O)[C@H](O)[C@H]5O)no4)cc(-c4nc([C@@]5(O)O[C@H](CO)[C@@H](O)[C@H](O)[C@H]5O)no4)c3)n2)[C@H](O)[C@@H](O)[C@@H]1O. The van der Waals surface area contributed by atoms with E-state index in [-0.39, 0.29) is 16.7 Å². The van der Waals surface area contributed by atoms with Gasteiger partial charge in [-0.25, -0.2) is 0 Å². The molecule has 3 aliphatic heterocycles. The van der Waals surface area contributed by atoms with E-state index in [9.17, 15) is 76.6 Å².